The third-order valence-corrected chi connectivity index (χ3v) is 4.85. The van der Waals surface area contributed by atoms with Gasteiger partial charge in [0.1, 0.15) is 0 Å². The summed E-state index contributed by atoms with van der Waals surface area (Å²) >= 11 is 0. The summed E-state index contributed by atoms with van der Waals surface area (Å²) in [7, 11) is 0. The van der Waals surface area contributed by atoms with E-state index in [0.29, 0.717) is 0 Å². The molecule has 0 aromatic rings. The highest BCUT2D eigenvalue weighted by molar-refractivity contribution is 4.95. The highest BCUT2D eigenvalue weighted by atomic mass is 16.5. The van der Waals surface area contributed by atoms with Crippen molar-refractivity contribution in [3.05, 3.63) is 0 Å². The average molecular weight is 210 g/mol. The summed E-state index contributed by atoms with van der Waals surface area (Å²) in [5.41, 5.74) is 0.288. The molecule has 0 bridgehead atoms. The molecule has 1 saturated heterocycles. The van der Waals surface area contributed by atoms with Gasteiger partial charge in [-0.25, -0.2) is 0 Å². The molecule has 1 aliphatic heterocycles. The smallest absolute Gasteiger partial charge is 0.0732 e. The van der Waals surface area contributed by atoms with Gasteiger partial charge in [0.15, 0.2) is 0 Å². The van der Waals surface area contributed by atoms with Crippen molar-refractivity contribution in [3.8, 4) is 0 Å². The van der Waals surface area contributed by atoms with E-state index in [9.17, 15) is 0 Å². The Bertz CT molecular complexity index is 184. The van der Waals surface area contributed by atoms with Crippen LogP contribution in [0, 0.1) is 11.8 Å². The fourth-order valence-corrected chi connectivity index (χ4v) is 3.87. The molecule has 1 aliphatic carbocycles. The molecule has 88 valence electrons. The molecule has 1 saturated carbocycles. The molecule has 2 unspecified atom stereocenters. The monoisotopic (exact) mass is 210 g/mol. The Balaban J connectivity index is 2.01. The van der Waals surface area contributed by atoms with Crippen LogP contribution in [0.5, 0.6) is 0 Å². The molecule has 2 fully saturated rings. The lowest BCUT2D eigenvalue weighted by molar-refractivity contribution is -0.197. The van der Waals surface area contributed by atoms with E-state index in [1.165, 1.54) is 51.4 Å². The van der Waals surface area contributed by atoms with Crippen molar-refractivity contribution < 1.29 is 4.74 Å². The highest BCUT2D eigenvalue weighted by Gasteiger charge is 2.46. The summed E-state index contributed by atoms with van der Waals surface area (Å²) in [6.45, 7) is 5.68. The van der Waals surface area contributed by atoms with Crippen molar-refractivity contribution in [2.45, 2.75) is 70.8 Å². The first-order valence-corrected chi connectivity index (χ1v) is 6.96. The zero-order valence-corrected chi connectivity index (χ0v) is 10.4. The van der Waals surface area contributed by atoms with Crippen LogP contribution >= 0.6 is 0 Å². The maximum absolute atomic E-state index is 5.97. The number of rotatable bonds is 4. The predicted molar refractivity (Wildman–Crippen MR) is 63.9 cm³/mol. The molecule has 2 atom stereocenters. The first-order chi connectivity index (χ1) is 7.32. The largest absolute Gasteiger partial charge is 0.375 e. The van der Waals surface area contributed by atoms with Crippen LogP contribution in [-0.4, -0.2) is 12.2 Å². The highest BCUT2D eigenvalue weighted by Crippen LogP contribution is 2.46. The van der Waals surface area contributed by atoms with Crippen molar-refractivity contribution in [3.63, 3.8) is 0 Å². The Morgan fingerprint density at radius 2 is 1.87 bits per heavy atom. The van der Waals surface area contributed by atoms with Gasteiger partial charge in [0, 0.05) is 6.42 Å². The van der Waals surface area contributed by atoms with Crippen LogP contribution in [0.1, 0.15) is 65.2 Å². The fraction of sp³-hybridized carbons (Fsp3) is 1.00. The third-order valence-electron chi connectivity index (χ3n) is 4.85. The maximum Gasteiger partial charge on any atom is 0.0732 e. The van der Waals surface area contributed by atoms with Crippen molar-refractivity contribution in [1.29, 1.82) is 0 Å². The van der Waals surface area contributed by atoms with Gasteiger partial charge in [0.05, 0.1) is 12.2 Å². The van der Waals surface area contributed by atoms with E-state index in [1.807, 2.05) is 0 Å². The summed E-state index contributed by atoms with van der Waals surface area (Å²) in [6.07, 6.45) is 11.2. The number of hydrogen-bond donors (Lipinski definition) is 0. The van der Waals surface area contributed by atoms with Gasteiger partial charge < -0.3 is 4.74 Å². The van der Waals surface area contributed by atoms with E-state index in [1.54, 1.807) is 0 Å². The molecule has 0 radical (unpaired) electrons. The molecule has 1 nitrogen and oxygen atoms in total. The summed E-state index contributed by atoms with van der Waals surface area (Å²) in [5.74, 6) is 1.81. The molecule has 1 heteroatoms. The normalized spacial score (nSPS) is 34.8. The van der Waals surface area contributed by atoms with Gasteiger partial charge in [0.25, 0.3) is 0 Å². The zero-order chi connectivity index (χ0) is 10.7. The van der Waals surface area contributed by atoms with Crippen molar-refractivity contribution >= 4 is 0 Å². The van der Waals surface area contributed by atoms with Gasteiger partial charge in [-0.1, -0.05) is 52.4 Å². The van der Waals surface area contributed by atoms with Crippen molar-refractivity contribution in [2.75, 3.05) is 6.61 Å². The second-order valence-electron chi connectivity index (χ2n) is 5.43. The molecule has 0 amide bonds. The SMILES string of the molecule is CCC(C1CCCCC1)C1(CC)CCO1. The third kappa shape index (κ3) is 2.08. The van der Waals surface area contributed by atoms with Crippen LogP contribution in [0.2, 0.25) is 0 Å². The van der Waals surface area contributed by atoms with Gasteiger partial charge in [0.2, 0.25) is 0 Å². The molecule has 0 spiro atoms. The fourth-order valence-electron chi connectivity index (χ4n) is 3.87. The molecule has 15 heavy (non-hydrogen) atoms. The first kappa shape index (κ1) is 11.4. The zero-order valence-electron chi connectivity index (χ0n) is 10.4. The standard InChI is InChI=1S/C14H26O/c1-3-13(12-8-6-5-7-9-12)14(4-2)10-11-15-14/h12-13H,3-11H2,1-2H3. The van der Waals surface area contributed by atoms with Crippen molar-refractivity contribution in [2.24, 2.45) is 11.8 Å². The molecule has 0 aromatic heterocycles. The molecule has 0 N–H and O–H groups in total. The topological polar surface area (TPSA) is 9.23 Å². The summed E-state index contributed by atoms with van der Waals surface area (Å²) in [4.78, 5) is 0. The Kier molecular flexibility index (Phi) is 3.71. The van der Waals surface area contributed by atoms with E-state index in [4.69, 9.17) is 4.74 Å². The van der Waals surface area contributed by atoms with Crippen LogP contribution < -0.4 is 0 Å². The number of hydrogen-bond acceptors (Lipinski definition) is 1. The number of ether oxygens (including phenoxy) is 1. The summed E-state index contributed by atoms with van der Waals surface area (Å²) < 4.78 is 5.97. The minimum absolute atomic E-state index is 0.288. The van der Waals surface area contributed by atoms with Gasteiger partial charge in [-0.15, -0.1) is 0 Å². The van der Waals surface area contributed by atoms with Crippen LogP contribution in [0.4, 0.5) is 0 Å². The molecular weight excluding hydrogens is 184 g/mol. The lowest BCUT2D eigenvalue weighted by Gasteiger charge is -2.50. The molecule has 2 aliphatic rings. The van der Waals surface area contributed by atoms with Crippen molar-refractivity contribution in [1.82, 2.24) is 0 Å². The van der Waals surface area contributed by atoms with E-state index in [0.717, 1.165) is 18.4 Å². The average Bonchev–Trinajstić information content (AvgIpc) is 2.24. The Labute approximate surface area is 94.6 Å². The second-order valence-corrected chi connectivity index (χ2v) is 5.43. The Morgan fingerprint density at radius 3 is 2.27 bits per heavy atom. The van der Waals surface area contributed by atoms with E-state index < -0.39 is 0 Å². The molecule has 2 rings (SSSR count). The van der Waals surface area contributed by atoms with Gasteiger partial charge in [-0.05, 0) is 18.3 Å². The molecule has 0 aromatic carbocycles. The lowest BCUT2D eigenvalue weighted by Crippen LogP contribution is -2.52. The van der Waals surface area contributed by atoms with Gasteiger partial charge in [-0.3, -0.25) is 0 Å². The first-order valence-electron chi connectivity index (χ1n) is 6.96. The van der Waals surface area contributed by atoms with Crippen LogP contribution in [0.25, 0.3) is 0 Å². The van der Waals surface area contributed by atoms with E-state index in [-0.39, 0.29) is 5.60 Å². The minimum Gasteiger partial charge on any atom is -0.375 e. The quantitative estimate of drug-likeness (QED) is 0.677. The van der Waals surface area contributed by atoms with Crippen LogP contribution in [-0.2, 0) is 4.74 Å². The summed E-state index contributed by atoms with van der Waals surface area (Å²) in [6, 6.07) is 0. The Morgan fingerprint density at radius 1 is 1.20 bits per heavy atom. The van der Waals surface area contributed by atoms with Crippen LogP contribution in [0.3, 0.4) is 0 Å². The predicted octanol–water partition coefficient (Wildman–Crippen LogP) is 4.16. The van der Waals surface area contributed by atoms with Gasteiger partial charge in [-0.2, -0.15) is 0 Å². The maximum atomic E-state index is 5.97. The lowest BCUT2D eigenvalue weighted by atomic mass is 9.67. The van der Waals surface area contributed by atoms with E-state index >= 15 is 0 Å². The summed E-state index contributed by atoms with van der Waals surface area (Å²) in [5, 5.41) is 0. The minimum atomic E-state index is 0.288. The second kappa shape index (κ2) is 4.86. The Hall–Kier alpha value is -0.0400. The van der Waals surface area contributed by atoms with E-state index in [2.05, 4.69) is 13.8 Å². The van der Waals surface area contributed by atoms with Gasteiger partial charge >= 0.3 is 0 Å². The van der Waals surface area contributed by atoms with Crippen LogP contribution in [0.15, 0.2) is 0 Å². The molecule has 1 heterocycles. The molecular formula is C14H26O.